The number of rotatable bonds is 5. The molecule has 0 fully saturated rings. The van der Waals surface area contributed by atoms with Gasteiger partial charge in [-0.1, -0.05) is 18.2 Å². The van der Waals surface area contributed by atoms with Gasteiger partial charge < -0.3 is 0 Å². The van der Waals surface area contributed by atoms with Crippen LogP contribution in [-0.4, -0.2) is 25.5 Å². The molecule has 0 unspecified atom stereocenters. The molecule has 0 atom stereocenters. The topological polar surface area (TPSA) is 60.7 Å². The second kappa shape index (κ2) is 7.80. The number of benzene rings is 1. The van der Waals surface area contributed by atoms with Crippen LogP contribution in [0.3, 0.4) is 0 Å². The predicted molar refractivity (Wildman–Crippen MR) is 114 cm³/mol. The van der Waals surface area contributed by atoms with Crippen molar-refractivity contribution in [1.82, 2.24) is 19.7 Å². The monoisotopic (exact) mass is 382 g/mol. The molecule has 0 bridgehead atoms. The Bertz CT molecular complexity index is 1180. The number of carbonyl (C=O) groups excluding carboxylic acids is 1. The molecule has 5 nitrogen and oxygen atoms in total. The summed E-state index contributed by atoms with van der Waals surface area (Å²) in [7, 11) is 1.91. The third kappa shape index (κ3) is 3.99. The van der Waals surface area contributed by atoms with E-state index >= 15 is 0 Å². The zero-order chi connectivity index (χ0) is 20.4. The van der Waals surface area contributed by atoms with Gasteiger partial charge in [0, 0.05) is 54.2 Å². The van der Waals surface area contributed by atoms with Gasteiger partial charge in [-0.25, -0.2) is 0 Å². The SMILES string of the molecule is Cc1ccncc1C(=O)Cc1ccc(-c2cc(-c3cnn(C)c3)ccc2C)cn1. The lowest BCUT2D eigenvalue weighted by Gasteiger charge is -2.09. The third-order valence-electron chi connectivity index (χ3n) is 5.09. The van der Waals surface area contributed by atoms with Gasteiger partial charge in [-0.3, -0.25) is 19.4 Å². The highest BCUT2D eigenvalue weighted by Crippen LogP contribution is 2.29. The first kappa shape index (κ1) is 18.7. The summed E-state index contributed by atoms with van der Waals surface area (Å²) in [6.45, 7) is 4.01. The van der Waals surface area contributed by atoms with Gasteiger partial charge >= 0.3 is 0 Å². The van der Waals surface area contributed by atoms with Gasteiger partial charge in [-0.2, -0.15) is 5.10 Å². The van der Waals surface area contributed by atoms with Gasteiger partial charge in [0.2, 0.25) is 0 Å². The maximum atomic E-state index is 12.6. The first-order valence-corrected chi connectivity index (χ1v) is 9.50. The summed E-state index contributed by atoms with van der Waals surface area (Å²) >= 11 is 0. The number of hydrogen-bond donors (Lipinski definition) is 0. The maximum Gasteiger partial charge on any atom is 0.170 e. The Morgan fingerprint density at radius 3 is 2.45 bits per heavy atom. The van der Waals surface area contributed by atoms with Crippen molar-refractivity contribution in [2.24, 2.45) is 7.05 Å². The van der Waals surface area contributed by atoms with Crippen molar-refractivity contribution in [2.45, 2.75) is 20.3 Å². The molecule has 144 valence electrons. The van der Waals surface area contributed by atoms with Crippen molar-refractivity contribution in [2.75, 3.05) is 0 Å². The van der Waals surface area contributed by atoms with Crippen LogP contribution >= 0.6 is 0 Å². The standard InChI is InChI=1S/C24H22N4O/c1-16-4-5-18(20-13-27-28(3)15-20)10-22(16)19-6-7-21(26-12-19)11-24(29)23-14-25-9-8-17(23)2/h4-10,12-15H,11H2,1-3H3. The lowest BCUT2D eigenvalue weighted by atomic mass is 9.97. The van der Waals surface area contributed by atoms with E-state index in [1.807, 2.05) is 50.8 Å². The molecule has 4 rings (SSSR count). The molecule has 0 aliphatic heterocycles. The molecule has 0 saturated carbocycles. The fourth-order valence-corrected chi connectivity index (χ4v) is 3.39. The Balaban J connectivity index is 1.58. The number of pyridine rings is 2. The molecule has 3 aromatic heterocycles. The van der Waals surface area contributed by atoms with Crippen LogP contribution in [-0.2, 0) is 13.5 Å². The summed E-state index contributed by atoms with van der Waals surface area (Å²) in [5.74, 6) is 0.0330. The quantitative estimate of drug-likeness (QED) is 0.474. The van der Waals surface area contributed by atoms with Crippen molar-refractivity contribution in [1.29, 1.82) is 0 Å². The van der Waals surface area contributed by atoms with Crippen LogP contribution in [0.1, 0.15) is 27.2 Å². The zero-order valence-corrected chi connectivity index (χ0v) is 16.8. The minimum Gasteiger partial charge on any atom is -0.294 e. The fraction of sp³-hybridized carbons (Fsp3) is 0.167. The van der Waals surface area contributed by atoms with Crippen molar-refractivity contribution < 1.29 is 4.79 Å². The van der Waals surface area contributed by atoms with E-state index < -0.39 is 0 Å². The Labute approximate surface area is 170 Å². The number of aryl methyl sites for hydroxylation is 3. The van der Waals surface area contributed by atoms with E-state index in [4.69, 9.17) is 0 Å². The van der Waals surface area contributed by atoms with Gasteiger partial charge in [-0.05, 0) is 54.3 Å². The molecule has 29 heavy (non-hydrogen) atoms. The fourth-order valence-electron chi connectivity index (χ4n) is 3.39. The zero-order valence-electron chi connectivity index (χ0n) is 16.8. The lowest BCUT2D eigenvalue weighted by Crippen LogP contribution is -2.07. The Kier molecular flexibility index (Phi) is 5.04. The van der Waals surface area contributed by atoms with Crippen molar-refractivity contribution in [3.63, 3.8) is 0 Å². The van der Waals surface area contributed by atoms with E-state index in [9.17, 15) is 4.79 Å². The van der Waals surface area contributed by atoms with Gasteiger partial charge in [0.1, 0.15) is 0 Å². The smallest absolute Gasteiger partial charge is 0.170 e. The molecule has 3 heterocycles. The van der Waals surface area contributed by atoms with Gasteiger partial charge in [0.25, 0.3) is 0 Å². The molecule has 0 spiro atoms. The van der Waals surface area contributed by atoms with E-state index in [1.54, 1.807) is 17.1 Å². The van der Waals surface area contributed by atoms with Gasteiger partial charge in [-0.15, -0.1) is 0 Å². The highest BCUT2D eigenvalue weighted by Gasteiger charge is 2.12. The summed E-state index contributed by atoms with van der Waals surface area (Å²) in [5, 5.41) is 4.26. The van der Waals surface area contributed by atoms with Crippen LogP contribution < -0.4 is 0 Å². The molecule has 5 heteroatoms. The molecular formula is C24H22N4O. The molecule has 0 amide bonds. The summed E-state index contributed by atoms with van der Waals surface area (Å²) in [4.78, 5) is 21.2. The summed E-state index contributed by atoms with van der Waals surface area (Å²) in [6.07, 6.45) is 9.29. The minimum atomic E-state index is 0.0330. The molecule has 0 saturated heterocycles. The molecule has 1 aromatic carbocycles. The molecule has 0 aliphatic rings. The summed E-state index contributed by atoms with van der Waals surface area (Å²) in [6, 6.07) is 12.2. The number of Topliss-reactive ketones (excluding diaryl/α,β-unsaturated/α-hetero) is 1. The van der Waals surface area contributed by atoms with Gasteiger partial charge in [0.15, 0.2) is 5.78 Å². The molecule has 4 aromatic rings. The largest absolute Gasteiger partial charge is 0.294 e. The van der Waals surface area contributed by atoms with Crippen LogP contribution in [0.5, 0.6) is 0 Å². The summed E-state index contributed by atoms with van der Waals surface area (Å²) in [5.41, 5.74) is 7.86. The number of aromatic nitrogens is 4. The van der Waals surface area contributed by atoms with Crippen molar-refractivity contribution in [3.8, 4) is 22.3 Å². The average molecular weight is 382 g/mol. The second-order valence-corrected chi connectivity index (χ2v) is 7.26. The molecule has 0 radical (unpaired) electrons. The van der Waals surface area contributed by atoms with Crippen LogP contribution in [0.25, 0.3) is 22.3 Å². The molecular weight excluding hydrogens is 360 g/mol. The van der Waals surface area contributed by atoms with E-state index in [1.165, 1.54) is 5.56 Å². The first-order chi connectivity index (χ1) is 14.0. The molecule has 0 aliphatic carbocycles. The molecule has 0 N–H and O–H groups in total. The Morgan fingerprint density at radius 2 is 1.76 bits per heavy atom. The van der Waals surface area contributed by atoms with Gasteiger partial charge in [0.05, 0.1) is 12.6 Å². The van der Waals surface area contributed by atoms with Crippen molar-refractivity contribution in [3.05, 3.63) is 89.8 Å². The highest BCUT2D eigenvalue weighted by molar-refractivity contribution is 5.98. The number of nitrogens with zero attached hydrogens (tertiary/aromatic N) is 4. The van der Waals surface area contributed by atoms with E-state index in [2.05, 4.69) is 40.2 Å². The Morgan fingerprint density at radius 1 is 0.931 bits per heavy atom. The van der Waals surface area contributed by atoms with E-state index in [0.29, 0.717) is 5.56 Å². The lowest BCUT2D eigenvalue weighted by molar-refractivity contribution is 0.0991. The van der Waals surface area contributed by atoms with Crippen molar-refractivity contribution >= 4 is 5.78 Å². The number of ketones is 1. The normalized spacial score (nSPS) is 10.9. The minimum absolute atomic E-state index is 0.0330. The average Bonchev–Trinajstić information content (AvgIpc) is 3.16. The number of hydrogen-bond acceptors (Lipinski definition) is 4. The van der Waals surface area contributed by atoms with Crippen LogP contribution in [0.15, 0.2) is 67.4 Å². The van der Waals surface area contributed by atoms with E-state index in [-0.39, 0.29) is 12.2 Å². The Hall–Kier alpha value is -3.60. The number of carbonyl (C=O) groups is 1. The highest BCUT2D eigenvalue weighted by atomic mass is 16.1. The van der Waals surface area contributed by atoms with Crippen LogP contribution in [0, 0.1) is 13.8 Å². The van der Waals surface area contributed by atoms with Crippen LogP contribution in [0.4, 0.5) is 0 Å². The second-order valence-electron chi connectivity index (χ2n) is 7.26. The first-order valence-electron chi connectivity index (χ1n) is 9.50. The van der Waals surface area contributed by atoms with E-state index in [0.717, 1.165) is 33.5 Å². The predicted octanol–water partition coefficient (Wildman–Crippen LogP) is 4.59. The third-order valence-corrected chi connectivity index (χ3v) is 5.09. The maximum absolute atomic E-state index is 12.6. The van der Waals surface area contributed by atoms with Crippen LogP contribution in [0.2, 0.25) is 0 Å². The summed E-state index contributed by atoms with van der Waals surface area (Å²) < 4.78 is 1.80.